The minimum absolute atomic E-state index is 0.403. The van der Waals surface area contributed by atoms with Gasteiger partial charge in [0.2, 0.25) is 0 Å². The number of unbranched alkanes of at least 4 members (excludes halogenated alkanes) is 1. The predicted octanol–water partition coefficient (Wildman–Crippen LogP) is 2.87. The zero-order chi connectivity index (χ0) is 12.0. The van der Waals surface area contributed by atoms with Crippen molar-refractivity contribution in [3.63, 3.8) is 0 Å². The fourth-order valence-electron chi connectivity index (χ4n) is 1.98. The van der Waals surface area contributed by atoms with Crippen molar-refractivity contribution in [2.24, 2.45) is 5.84 Å². The first-order chi connectivity index (χ1) is 7.67. The molecule has 1 aromatic rings. The van der Waals surface area contributed by atoms with E-state index in [0.717, 1.165) is 12.8 Å². The molecule has 2 heteroatoms. The molecule has 0 saturated carbocycles. The molecule has 0 heterocycles. The number of hydrogen-bond acceptors (Lipinski definition) is 2. The van der Waals surface area contributed by atoms with Crippen LogP contribution in [0.5, 0.6) is 0 Å². The highest BCUT2D eigenvalue weighted by atomic mass is 15.2. The van der Waals surface area contributed by atoms with Gasteiger partial charge in [0.05, 0.1) is 0 Å². The van der Waals surface area contributed by atoms with Crippen LogP contribution in [0.3, 0.4) is 0 Å². The molecule has 3 N–H and O–H groups in total. The highest BCUT2D eigenvalue weighted by Gasteiger charge is 2.08. The number of hydrazine groups is 1. The zero-order valence-electron chi connectivity index (χ0n) is 10.7. The Morgan fingerprint density at radius 1 is 1.31 bits per heavy atom. The van der Waals surface area contributed by atoms with Gasteiger partial charge in [-0.2, -0.15) is 0 Å². The van der Waals surface area contributed by atoms with Crippen molar-refractivity contribution in [2.75, 3.05) is 0 Å². The largest absolute Gasteiger partial charge is 0.271 e. The Labute approximate surface area is 99.2 Å². The Kier molecular flexibility index (Phi) is 5.50. The molecule has 0 aliphatic rings. The molecule has 0 amide bonds. The first-order valence-corrected chi connectivity index (χ1v) is 6.19. The van der Waals surface area contributed by atoms with Crippen LogP contribution in [0.15, 0.2) is 18.2 Å². The van der Waals surface area contributed by atoms with E-state index in [9.17, 15) is 0 Å². The average Bonchev–Trinajstić information content (AvgIpc) is 2.28. The fraction of sp³-hybridized carbons (Fsp3) is 0.571. The van der Waals surface area contributed by atoms with Gasteiger partial charge in [0.1, 0.15) is 0 Å². The average molecular weight is 220 g/mol. The molecule has 0 bridgehead atoms. The molecule has 1 aromatic carbocycles. The van der Waals surface area contributed by atoms with Crippen LogP contribution in [-0.2, 0) is 6.42 Å². The maximum atomic E-state index is 5.60. The van der Waals surface area contributed by atoms with Crippen molar-refractivity contribution in [1.82, 2.24) is 5.43 Å². The number of rotatable bonds is 6. The van der Waals surface area contributed by atoms with Crippen LogP contribution in [0.4, 0.5) is 0 Å². The third-order valence-corrected chi connectivity index (χ3v) is 3.11. The lowest BCUT2D eigenvalue weighted by atomic mass is 9.97. The monoisotopic (exact) mass is 220 g/mol. The molecule has 0 radical (unpaired) electrons. The van der Waals surface area contributed by atoms with Crippen LogP contribution in [0.2, 0.25) is 0 Å². The van der Waals surface area contributed by atoms with E-state index in [1.807, 2.05) is 0 Å². The maximum Gasteiger partial charge on any atom is 0.0251 e. The Bertz CT molecular complexity index is 321. The van der Waals surface area contributed by atoms with Gasteiger partial charge in [-0.05, 0) is 37.8 Å². The molecule has 2 nitrogen and oxygen atoms in total. The molecule has 0 fully saturated rings. The molecule has 16 heavy (non-hydrogen) atoms. The molecule has 1 atom stereocenters. The first-order valence-electron chi connectivity index (χ1n) is 6.19. The van der Waals surface area contributed by atoms with E-state index >= 15 is 0 Å². The zero-order valence-corrected chi connectivity index (χ0v) is 10.7. The summed E-state index contributed by atoms with van der Waals surface area (Å²) in [6.07, 6.45) is 4.65. The van der Waals surface area contributed by atoms with Crippen LogP contribution in [0.25, 0.3) is 0 Å². The van der Waals surface area contributed by atoms with Crippen LogP contribution in [0, 0.1) is 13.8 Å². The van der Waals surface area contributed by atoms with Crippen molar-refractivity contribution in [2.45, 2.75) is 52.5 Å². The molecule has 1 rings (SSSR count). The third kappa shape index (κ3) is 3.95. The molecule has 0 spiro atoms. The van der Waals surface area contributed by atoms with Crippen LogP contribution < -0.4 is 11.3 Å². The normalized spacial score (nSPS) is 12.8. The van der Waals surface area contributed by atoms with Crippen LogP contribution >= 0.6 is 0 Å². The van der Waals surface area contributed by atoms with E-state index in [1.54, 1.807) is 0 Å². The van der Waals surface area contributed by atoms with E-state index in [2.05, 4.69) is 44.4 Å². The smallest absolute Gasteiger partial charge is 0.0251 e. The van der Waals surface area contributed by atoms with Gasteiger partial charge >= 0.3 is 0 Å². The summed E-state index contributed by atoms with van der Waals surface area (Å²) in [5.74, 6) is 5.60. The van der Waals surface area contributed by atoms with Gasteiger partial charge in [-0.1, -0.05) is 43.5 Å². The maximum absolute atomic E-state index is 5.60. The number of hydrogen-bond donors (Lipinski definition) is 2. The van der Waals surface area contributed by atoms with Gasteiger partial charge in [-0.15, -0.1) is 0 Å². The summed E-state index contributed by atoms with van der Waals surface area (Å²) in [4.78, 5) is 0. The minimum Gasteiger partial charge on any atom is -0.271 e. The van der Waals surface area contributed by atoms with E-state index in [-0.39, 0.29) is 0 Å². The van der Waals surface area contributed by atoms with Gasteiger partial charge in [-0.3, -0.25) is 11.3 Å². The second-order valence-corrected chi connectivity index (χ2v) is 4.64. The summed E-state index contributed by atoms with van der Waals surface area (Å²) in [7, 11) is 0. The van der Waals surface area contributed by atoms with Crippen molar-refractivity contribution in [1.29, 1.82) is 0 Å². The summed E-state index contributed by atoms with van der Waals surface area (Å²) in [5, 5.41) is 0. The quantitative estimate of drug-likeness (QED) is 0.571. The summed E-state index contributed by atoms with van der Waals surface area (Å²) in [6, 6.07) is 7.03. The highest BCUT2D eigenvalue weighted by Crippen LogP contribution is 2.14. The SMILES string of the molecule is CCCCC(Cc1cc(C)ccc1C)NN. The molecule has 0 aromatic heterocycles. The highest BCUT2D eigenvalue weighted by molar-refractivity contribution is 5.31. The number of benzene rings is 1. The number of nitrogens with two attached hydrogens (primary N) is 1. The van der Waals surface area contributed by atoms with Crippen LogP contribution in [0.1, 0.15) is 42.9 Å². The lowest BCUT2D eigenvalue weighted by molar-refractivity contribution is 0.473. The Morgan fingerprint density at radius 2 is 2.06 bits per heavy atom. The lowest BCUT2D eigenvalue weighted by Crippen LogP contribution is -2.36. The number of aryl methyl sites for hydroxylation is 2. The second-order valence-electron chi connectivity index (χ2n) is 4.64. The van der Waals surface area contributed by atoms with Gasteiger partial charge < -0.3 is 0 Å². The summed E-state index contributed by atoms with van der Waals surface area (Å²) < 4.78 is 0. The molecule has 0 aliphatic carbocycles. The van der Waals surface area contributed by atoms with Crippen LogP contribution in [-0.4, -0.2) is 6.04 Å². The van der Waals surface area contributed by atoms with E-state index in [1.165, 1.54) is 29.5 Å². The molecular weight excluding hydrogens is 196 g/mol. The summed E-state index contributed by atoms with van der Waals surface area (Å²) in [6.45, 7) is 6.52. The summed E-state index contributed by atoms with van der Waals surface area (Å²) in [5.41, 5.74) is 7.04. The Balaban J connectivity index is 2.65. The Morgan fingerprint density at radius 3 is 2.69 bits per heavy atom. The molecule has 1 unspecified atom stereocenters. The summed E-state index contributed by atoms with van der Waals surface area (Å²) >= 11 is 0. The molecule has 90 valence electrons. The second kappa shape index (κ2) is 6.66. The molecule has 0 aliphatic heterocycles. The third-order valence-electron chi connectivity index (χ3n) is 3.11. The lowest BCUT2D eigenvalue weighted by Gasteiger charge is -2.17. The predicted molar refractivity (Wildman–Crippen MR) is 70.3 cm³/mol. The van der Waals surface area contributed by atoms with E-state index < -0.39 is 0 Å². The van der Waals surface area contributed by atoms with Gasteiger partial charge in [0, 0.05) is 6.04 Å². The van der Waals surface area contributed by atoms with Crippen molar-refractivity contribution >= 4 is 0 Å². The molecular formula is C14H24N2. The van der Waals surface area contributed by atoms with Gasteiger partial charge in [0.15, 0.2) is 0 Å². The van der Waals surface area contributed by atoms with Gasteiger partial charge in [0.25, 0.3) is 0 Å². The topological polar surface area (TPSA) is 38.0 Å². The first kappa shape index (κ1) is 13.2. The van der Waals surface area contributed by atoms with E-state index in [4.69, 9.17) is 5.84 Å². The minimum atomic E-state index is 0.403. The fourth-order valence-corrected chi connectivity index (χ4v) is 1.98. The van der Waals surface area contributed by atoms with E-state index in [0.29, 0.717) is 6.04 Å². The molecule has 0 saturated heterocycles. The van der Waals surface area contributed by atoms with Crippen molar-refractivity contribution in [3.8, 4) is 0 Å². The van der Waals surface area contributed by atoms with Crippen molar-refractivity contribution in [3.05, 3.63) is 34.9 Å². The van der Waals surface area contributed by atoms with Crippen molar-refractivity contribution < 1.29 is 0 Å². The Hall–Kier alpha value is -0.860. The van der Waals surface area contributed by atoms with Gasteiger partial charge in [-0.25, -0.2) is 0 Å². The standard InChI is InChI=1S/C14H24N2/c1-4-5-6-14(16-15)10-13-9-11(2)7-8-12(13)3/h7-9,14,16H,4-6,10,15H2,1-3H3. The number of nitrogens with one attached hydrogen (secondary N) is 1.